The zero-order chi connectivity index (χ0) is 19.5. The predicted octanol–water partition coefficient (Wildman–Crippen LogP) is 3.51. The highest BCUT2D eigenvalue weighted by Crippen LogP contribution is 2.20. The summed E-state index contributed by atoms with van der Waals surface area (Å²) in [6.45, 7) is 2.86. The molecular weight excluding hydrogens is 350 g/mol. The number of hydrogen-bond acceptors (Lipinski definition) is 4. The van der Waals surface area contributed by atoms with E-state index in [0.717, 1.165) is 22.3 Å². The summed E-state index contributed by atoms with van der Waals surface area (Å²) in [5.41, 5.74) is 4.19. The number of carbonyl (C=O) groups is 1. The summed E-state index contributed by atoms with van der Waals surface area (Å²) in [6, 6.07) is 15.4. The van der Waals surface area contributed by atoms with E-state index in [1.807, 2.05) is 72.1 Å². The summed E-state index contributed by atoms with van der Waals surface area (Å²) in [4.78, 5) is 24.0. The van der Waals surface area contributed by atoms with Gasteiger partial charge in [0.05, 0.1) is 29.0 Å². The van der Waals surface area contributed by atoms with Gasteiger partial charge in [0.1, 0.15) is 0 Å². The summed E-state index contributed by atoms with van der Waals surface area (Å²) in [5.74, 6) is -0.0630. The number of aryl methyl sites for hydroxylation is 2. The van der Waals surface area contributed by atoms with E-state index in [4.69, 9.17) is 0 Å². The van der Waals surface area contributed by atoms with Crippen LogP contribution in [0.25, 0.3) is 10.9 Å². The van der Waals surface area contributed by atoms with Crippen LogP contribution in [-0.4, -0.2) is 30.6 Å². The average molecular weight is 371 g/mol. The Kier molecular flexibility index (Phi) is 4.85. The van der Waals surface area contributed by atoms with Gasteiger partial charge in [0.2, 0.25) is 0 Å². The Morgan fingerprint density at radius 2 is 1.89 bits per heavy atom. The van der Waals surface area contributed by atoms with Gasteiger partial charge in [-0.1, -0.05) is 24.3 Å². The van der Waals surface area contributed by atoms with Crippen LogP contribution in [0.2, 0.25) is 0 Å². The molecule has 0 unspecified atom stereocenters. The van der Waals surface area contributed by atoms with E-state index in [1.165, 1.54) is 0 Å². The van der Waals surface area contributed by atoms with E-state index in [1.54, 1.807) is 18.6 Å². The fraction of sp³-hybridized carbons (Fsp3) is 0.182. The number of carbonyl (C=O) groups excluding carboxylic acids is 1. The molecule has 4 rings (SSSR count). The van der Waals surface area contributed by atoms with Crippen LogP contribution in [0, 0.1) is 6.92 Å². The van der Waals surface area contributed by atoms with Gasteiger partial charge in [-0.25, -0.2) is 0 Å². The molecule has 6 nitrogen and oxygen atoms in total. The third kappa shape index (κ3) is 3.62. The molecule has 0 bridgehead atoms. The van der Waals surface area contributed by atoms with Crippen LogP contribution < -0.4 is 0 Å². The van der Waals surface area contributed by atoms with Crippen molar-refractivity contribution in [1.29, 1.82) is 0 Å². The smallest absolute Gasteiger partial charge is 0.256 e. The first kappa shape index (κ1) is 17.9. The van der Waals surface area contributed by atoms with Crippen molar-refractivity contribution >= 4 is 16.8 Å². The fourth-order valence-corrected chi connectivity index (χ4v) is 3.37. The molecule has 0 spiro atoms. The second-order valence-corrected chi connectivity index (χ2v) is 6.80. The van der Waals surface area contributed by atoms with Crippen molar-refractivity contribution in [3.05, 3.63) is 89.6 Å². The zero-order valence-electron chi connectivity index (χ0n) is 15.9. The molecule has 28 heavy (non-hydrogen) atoms. The van der Waals surface area contributed by atoms with Crippen molar-refractivity contribution in [1.82, 2.24) is 24.6 Å². The van der Waals surface area contributed by atoms with E-state index in [-0.39, 0.29) is 5.91 Å². The molecule has 4 aromatic rings. The molecule has 0 N–H and O–H groups in total. The van der Waals surface area contributed by atoms with Crippen molar-refractivity contribution in [3.63, 3.8) is 0 Å². The van der Waals surface area contributed by atoms with E-state index < -0.39 is 0 Å². The van der Waals surface area contributed by atoms with Gasteiger partial charge in [-0.15, -0.1) is 0 Å². The molecule has 3 aromatic heterocycles. The molecule has 6 heteroatoms. The molecule has 140 valence electrons. The number of nitrogens with zero attached hydrogens (tertiary/aromatic N) is 5. The zero-order valence-corrected chi connectivity index (χ0v) is 15.9. The number of benzene rings is 1. The number of aromatic nitrogens is 4. The summed E-state index contributed by atoms with van der Waals surface area (Å²) >= 11 is 0. The molecule has 0 aliphatic rings. The molecule has 0 fully saturated rings. The summed E-state index contributed by atoms with van der Waals surface area (Å²) in [5, 5.41) is 5.36. The van der Waals surface area contributed by atoms with Crippen LogP contribution in [0.5, 0.6) is 0 Å². The van der Waals surface area contributed by atoms with Crippen LogP contribution in [0.15, 0.2) is 67.1 Å². The van der Waals surface area contributed by atoms with Crippen molar-refractivity contribution in [2.45, 2.75) is 20.0 Å². The third-order valence-corrected chi connectivity index (χ3v) is 4.70. The maximum absolute atomic E-state index is 13.5. The summed E-state index contributed by atoms with van der Waals surface area (Å²) in [7, 11) is 1.90. The number of para-hydroxylation sites is 1. The first-order chi connectivity index (χ1) is 13.6. The highest BCUT2D eigenvalue weighted by atomic mass is 16.2. The van der Waals surface area contributed by atoms with Crippen LogP contribution in [0.3, 0.4) is 0 Å². The fourth-order valence-electron chi connectivity index (χ4n) is 3.37. The Morgan fingerprint density at radius 1 is 1.07 bits per heavy atom. The summed E-state index contributed by atoms with van der Waals surface area (Å²) < 4.78 is 1.82. The quantitative estimate of drug-likeness (QED) is 0.538. The highest BCUT2D eigenvalue weighted by Gasteiger charge is 2.21. The Labute approximate surface area is 163 Å². The van der Waals surface area contributed by atoms with Gasteiger partial charge >= 0.3 is 0 Å². The number of fused-ring (bicyclic) bond motifs is 1. The summed E-state index contributed by atoms with van der Waals surface area (Å²) in [6.07, 6.45) is 5.24. The highest BCUT2D eigenvalue weighted by molar-refractivity contribution is 6.05. The van der Waals surface area contributed by atoms with Crippen molar-refractivity contribution in [2.24, 2.45) is 7.05 Å². The minimum Gasteiger partial charge on any atom is -0.328 e. The minimum absolute atomic E-state index is 0.0630. The lowest BCUT2D eigenvalue weighted by Gasteiger charge is -2.23. The molecule has 3 heterocycles. The SMILES string of the molecule is Cc1cc(CN(Cc2cccnc2)C(=O)c2cccc3cccnc23)n(C)n1. The Bertz CT molecular complexity index is 1110. The molecule has 0 saturated heterocycles. The predicted molar refractivity (Wildman–Crippen MR) is 108 cm³/mol. The third-order valence-electron chi connectivity index (χ3n) is 4.70. The number of amides is 1. The van der Waals surface area contributed by atoms with Gasteiger partial charge in [-0.3, -0.25) is 19.4 Å². The normalized spacial score (nSPS) is 10.9. The topological polar surface area (TPSA) is 63.9 Å². The molecule has 0 aliphatic heterocycles. The molecule has 0 radical (unpaired) electrons. The van der Waals surface area contributed by atoms with Gasteiger partial charge in [0, 0.05) is 37.6 Å². The van der Waals surface area contributed by atoms with Gasteiger partial charge in [-0.2, -0.15) is 5.10 Å². The van der Waals surface area contributed by atoms with Crippen LogP contribution >= 0.6 is 0 Å². The standard InChI is InChI=1S/C22H21N5O/c1-16-12-19(26(2)25-16)15-27(14-17-6-4-10-23-13-17)22(28)20-9-3-7-18-8-5-11-24-21(18)20/h3-13H,14-15H2,1-2H3. The molecule has 0 aliphatic carbocycles. The van der Waals surface area contributed by atoms with E-state index in [0.29, 0.717) is 24.2 Å². The maximum Gasteiger partial charge on any atom is 0.256 e. The minimum atomic E-state index is -0.0630. The van der Waals surface area contributed by atoms with Gasteiger partial charge in [0.25, 0.3) is 5.91 Å². The second kappa shape index (κ2) is 7.60. The molecule has 1 amide bonds. The molecule has 0 saturated carbocycles. The van der Waals surface area contributed by atoms with Crippen molar-refractivity contribution in [3.8, 4) is 0 Å². The lowest BCUT2D eigenvalue weighted by atomic mass is 10.1. The van der Waals surface area contributed by atoms with Gasteiger partial charge < -0.3 is 4.90 Å². The van der Waals surface area contributed by atoms with Crippen LogP contribution in [0.4, 0.5) is 0 Å². The van der Waals surface area contributed by atoms with Crippen molar-refractivity contribution < 1.29 is 4.79 Å². The lowest BCUT2D eigenvalue weighted by Crippen LogP contribution is -2.31. The first-order valence-electron chi connectivity index (χ1n) is 9.13. The molecule has 1 aromatic carbocycles. The second-order valence-electron chi connectivity index (χ2n) is 6.80. The Hall–Kier alpha value is -3.54. The maximum atomic E-state index is 13.5. The lowest BCUT2D eigenvalue weighted by molar-refractivity contribution is 0.0727. The first-order valence-corrected chi connectivity index (χ1v) is 9.13. The Balaban J connectivity index is 1.73. The molecule has 0 atom stereocenters. The van der Waals surface area contributed by atoms with E-state index in [2.05, 4.69) is 15.1 Å². The number of hydrogen-bond donors (Lipinski definition) is 0. The van der Waals surface area contributed by atoms with E-state index in [9.17, 15) is 4.79 Å². The number of pyridine rings is 2. The number of rotatable bonds is 5. The van der Waals surface area contributed by atoms with Crippen LogP contribution in [-0.2, 0) is 20.1 Å². The largest absolute Gasteiger partial charge is 0.328 e. The monoisotopic (exact) mass is 371 g/mol. The van der Waals surface area contributed by atoms with Gasteiger partial charge in [-0.05, 0) is 36.8 Å². The Morgan fingerprint density at radius 3 is 2.64 bits per heavy atom. The average Bonchev–Trinajstić information content (AvgIpc) is 3.04. The van der Waals surface area contributed by atoms with Gasteiger partial charge in [0.15, 0.2) is 0 Å². The van der Waals surface area contributed by atoms with Crippen LogP contribution in [0.1, 0.15) is 27.3 Å². The van der Waals surface area contributed by atoms with E-state index >= 15 is 0 Å². The molecular formula is C22H21N5O. The van der Waals surface area contributed by atoms with Crippen molar-refractivity contribution in [2.75, 3.05) is 0 Å².